The zero-order chi connectivity index (χ0) is 14.3. The summed E-state index contributed by atoms with van der Waals surface area (Å²) in [6, 6.07) is 1.61. The predicted molar refractivity (Wildman–Crippen MR) is 73.5 cm³/mol. The van der Waals surface area contributed by atoms with Crippen molar-refractivity contribution in [3.05, 3.63) is 23.0 Å². The molecule has 2 atom stereocenters. The van der Waals surface area contributed by atoms with E-state index in [0.717, 1.165) is 19.3 Å². The largest absolute Gasteiger partial charge is 0.469 e. The van der Waals surface area contributed by atoms with Gasteiger partial charge in [-0.25, -0.2) is 0 Å². The maximum absolute atomic E-state index is 12.4. The molecule has 0 radical (unpaired) electrons. The first kappa shape index (κ1) is 13.5. The van der Waals surface area contributed by atoms with E-state index in [1.165, 1.54) is 7.11 Å². The van der Waals surface area contributed by atoms with E-state index in [0.29, 0.717) is 23.8 Å². The van der Waals surface area contributed by atoms with Gasteiger partial charge >= 0.3 is 5.97 Å². The van der Waals surface area contributed by atoms with Gasteiger partial charge in [0, 0.05) is 19.3 Å². The Bertz CT molecular complexity index is 556. The van der Waals surface area contributed by atoms with Crippen LogP contribution < -0.4 is 0 Å². The third-order valence-corrected chi connectivity index (χ3v) is 4.85. The van der Waals surface area contributed by atoms with Crippen LogP contribution in [0.5, 0.6) is 0 Å². The minimum atomic E-state index is -0.499. The Kier molecular flexibility index (Phi) is 3.24. The molecule has 1 aliphatic carbocycles. The van der Waals surface area contributed by atoms with E-state index in [1.807, 2.05) is 0 Å². The van der Waals surface area contributed by atoms with Gasteiger partial charge in [0.25, 0.3) is 5.91 Å². The molecule has 0 aromatic carbocycles. The Morgan fingerprint density at radius 1 is 1.55 bits per heavy atom. The quantitative estimate of drug-likeness (QED) is 0.850. The molecule has 1 saturated carbocycles. The lowest BCUT2D eigenvalue weighted by atomic mass is 9.81. The second-order valence-corrected chi connectivity index (χ2v) is 6.09. The molecule has 3 rings (SSSR count). The van der Waals surface area contributed by atoms with Gasteiger partial charge in [0.05, 0.1) is 17.5 Å². The molecule has 2 aliphatic rings. The number of hydrogen-bond donors (Lipinski definition) is 1. The molecular weight excluding hydrogens is 280 g/mol. The Morgan fingerprint density at radius 3 is 3.00 bits per heavy atom. The first-order valence-corrected chi connectivity index (χ1v) is 7.16. The number of rotatable bonds is 2. The number of carbonyl (C=O) groups is 2. The maximum Gasteiger partial charge on any atom is 0.313 e. The van der Waals surface area contributed by atoms with Crippen LogP contribution in [0.3, 0.4) is 0 Å². The van der Waals surface area contributed by atoms with E-state index in [-0.39, 0.29) is 17.8 Å². The van der Waals surface area contributed by atoms with Gasteiger partial charge in [-0.05, 0) is 24.8 Å². The first-order chi connectivity index (χ1) is 9.56. The van der Waals surface area contributed by atoms with E-state index in [2.05, 4.69) is 4.98 Å². The lowest BCUT2D eigenvalue weighted by molar-refractivity contribution is -0.153. The van der Waals surface area contributed by atoms with Gasteiger partial charge in [-0.15, -0.1) is 0 Å². The van der Waals surface area contributed by atoms with Crippen LogP contribution in [0.4, 0.5) is 0 Å². The summed E-state index contributed by atoms with van der Waals surface area (Å²) < 4.78 is 4.97. The van der Waals surface area contributed by atoms with Gasteiger partial charge in [-0.2, -0.15) is 0 Å². The lowest BCUT2D eigenvalue weighted by Crippen LogP contribution is -2.38. The Labute approximate surface area is 122 Å². The van der Waals surface area contributed by atoms with Crippen LogP contribution in [0, 0.1) is 11.3 Å². The van der Waals surface area contributed by atoms with Crippen molar-refractivity contribution in [1.29, 1.82) is 0 Å². The van der Waals surface area contributed by atoms with Crippen LogP contribution in [0.2, 0.25) is 5.02 Å². The van der Waals surface area contributed by atoms with Gasteiger partial charge in [-0.1, -0.05) is 18.0 Å². The fourth-order valence-corrected chi connectivity index (χ4v) is 3.81. The number of methoxy groups -OCH3 is 1. The van der Waals surface area contributed by atoms with Gasteiger partial charge < -0.3 is 14.6 Å². The van der Waals surface area contributed by atoms with Crippen LogP contribution in [0.1, 0.15) is 29.8 Å². The molecule has 1 aromatic rings. The van der Waals surface area contributed by atoms with Crippen LogP contribution in [0.25, 0.3) is 0 Å². The van der Waals surface area contributed by atoms with Gasteiger partial charge in [0.1, 0.15) is 5.69 Å². The third-order valence-electron chi connectivity index (χ3n) is 4.63. The number of amides is 1. The minimum Gasteiger partial charge on any atom is -0.469 e. The van der Waals surface area contributed by atoms with E-state index in [1.54, 1.807) is 17.2 Å². The number of hydrogen-bond acceptors (Lipinski definition) is 3. The van der Waals surface area contributed by atoms with Crippen molar-refractivity contribution in [2.45, 2.75) is 19.3 Å². The Morgan fingerprint density at radius 2 is 2.35 bits per heavy atom. The summed E-state index contributed by atoms with van der Waals surface area (Å²) in [6.45, 7) is 1.06. The molecule has 1 N–H and O–H groups in total. The van der Waals surface area contributed by atoms with Crippen molar-refractivity contribution in [2.24, 2.45) is 11.3 Å². The monoisotopic (exact) mass is 296 g/mol. The molecule has 1 aromatic heterocycles. The summed E-state index contributed by atoms with van der Waals surface area (Å²) in [5.41, 5.74) is -0.0316. The van der Waals surface area contributed by atoms with Crippen molar-refractivity contribution in [1.82, 2.24) is 9.88 Å². The van der Waals surface area contributed by atoms with E-state index < -0.39 is 5.41 Å². The first-order valence-electron chi connectivity index (χ1n) is 6.78. The molecule has 108 valence electrons. The highest BCUT2D eigenvalue weighted by molar-refractivity contribution is 6.30. The number of ether oxygens (including phenoxy) is 1. The molecular formula is C14H17ClN2O3. The van der Waals surface area contributed by atoms with Gasteiger partial charge in [0.15, 0.2) is 0 Å². The summed E-state index contributed by atoms with van der Waals surface area (Å²) in [4.78, 5) is 29.2. The van der Waals surface area contributed by atoms with Crippen molar-refractivity contribution in [3.8, 4) is 0 Å². The van der Waals surface area contributed by atoms with Gasteiger partial charge in [-0.3, -0.25) is 9.59 Å². The minimum absolute atomic E-state index is 0.102. The van der Waals surface area contributed by atoms with Gasteiger partial charge in [0.2, 0.25) is 0 Å². The number of fused-ring (bicyclic) bond motifs is 1. The van der Waals surface area contributed by atoms with Crippen molar-refractivity contribution < 1.29 is 14.3 Å². The van der Waals surface area contributed by atoms with Crippen molar-refractivity contribution in [2.75, 3.05) is 20.2 Å². The highest BCUT2D eigenvalue weighted by atomic mass is 35.5. The average Bonchev–Trinajstić information content (AvgIpc) is 3.10. The summed E-state index contributed by atoms with van der Waals surface area (Å²) in [5, 5.41) is 0.510. The Balaban J connectivity index is 1.82. The molecule has 6 heteroatoms. The maximum atomic E-state index is 12.4. The summed E-state index contributed by atoms with van der Waals surface area (Å²) in [7, 11) is 1.42. The molecule has 1 amide bonds. The van der Waals surface area contributed by atoms with E-state index in [4.69, 9.17) is 16.3 Å². The number of carbonyl (C=O) groups excluding carboxylic acids is 2. The fraction of sp³-hybridized carbons (Fsp3) is 0.571. The zero-order valence-corrected chi connectivity index (χ0v) is 12.1. The molecule has 1 saturated heterocycles. The zero-order valence-electron chi connectivity index (χ0n) is 11.3. The normalized spacial score (nSPS) is 28.5. The van der Waals surface area contributed by atoms with Crippen LogP contribution in [-0.4, -0.2) is 42.0 Å². The molecule has 2 unspecified atom stereocenters. The molecule has 0 spiro atoms. The third kappa shape index (κ3) is 1.92. The van der Waals surface area contributed by atoms with E-state index in [9.17, 15) is 9.59 Å². The molecule has 5 nitrogen and oxygen atoms in total. The van der Waals surface area contributed by atoms with Crippen LogP contribution >= 0.6 is 11.6 Å². The summed E-state index contributed by atoms with van der Waals surface area (Å²) in [5.74, 6) is -0.0706. The molecule has 2 heterocycles. The molecule has 2 fully saturated rings. The smallest absolute Gasteiger partial charge is 0.313 e. The average molecular weight is 297 g/mol. The number of esters is 1. The molecule has 1 aliphatic heterocycles. The predicted octanol–water partition coefficient (Wildman–Crippen LogP) is 2.08. The topological polar surface area (TPSA) is 62.4 Å². The summed E-state index contributed by atoms with van der Waals surface area (Å²) >= 11 is 5.83. The van der Waals surface area contributed by atoms with Crippen LogP contribution in [-0.2, 0) is 9.53 Å². The molecule has 20 heavy (non-hydrogen) atoms. The highest BCUT2D eigenvalue weighted by Gasteiger charge is 2.56. The van der Waals surface area contributed by atoms with Crippen LogP contribution in [0.15, 0.2) is 12.3 Å². The number of aromatic amines is 1. The Hall–Kier alpha value is -1.49. The highest BCUT2D eigenvalue weighted by Crippen LogP contribution is 2.49. The van der Waals surface area contributed by atoms with Crippen molar-refractivity contribution in [3.63, 3.8) is 0 Å². The number of H-pyrrole nitrogens is 1. The van der Waals surface area contributed by atoms with Crippen molar-refractivity contribution >= 4 is 23.5 Å². The number of aromatic nitrogens is 1. The number of likely N-dealkylation sites (tertiary alicyclic amines) is 1. The number of nitrogens with one attached hydrogen (secondary N) is 1. The lowest BCUT2D eigenvalue weighted by Gasteiger charge is -2.25. The SMILES string of the molecule is COC(=O)C12CCCC1CN(C(=O)c1cc(Cl)c[nH]1)C2. The number of nitrogens with zero attached hydrogens (tertiary/aromatic N) is 1. The summed E-state index contributed by atoms with van der Waals surface area (Å²) in [6.07, 6.45) is 4.39. The second kappa shape index (κ2) is 4.81. The second-order valence-electron chi connectivity index (χ2n) is 5.65. The molecule has 0 bridgehead atoms. The standard InChI is InChI=1S/C14H17ClN2O3/c1-20-13(19)14-4-2-3-9(14)7-17(8-14)12(18)11-5-10(15)6-16-11/h5-6,9,16H,2-4,7-8H2,1H3. The van der Waals surface area contributed by atoms with E-state index >= 15 is 0 Å². The fourth-order valence-electron chi connectivity index (χ4n) is 3.64. The number of halogens is 1.